The summed E-state index contributed by atoms with van der Waals surface area (Å²) in [6.45, 7) is 10.2. The summed E-state index contributed by atoms with van der Waals surface area (Å²) >= 11 is 0. The highest BCUT2D eigenvalue weighted by atomic mass is 16.7. The zero-order valence-corrected chi connectivity index (χ0v) is 14.1. The van der Waals surface area contributed by atoms with E-state index in [4.69, 9.17) is 14.0 Å². The molecule has 0 amide bonds. The van der Waals surface area contributed by atoms with E-state index in [1.54, 1.807) is 13.3 Å². The van der Waals surface area contributed by atoms with Gasteiger partial charge in [0.05, 0.1) is 18.3 Å². The van der Waals surface area contributed by atoms with Crippen molar-refractivity contribution < 1.29 is 14.0 Å². The van der Waals surface area contributed by atoms with Crippen LogP contribution >= 0.6 is 0 Å². The number of rotatable bonds is 3. The molecule has 1 N–H and O–H groups in total. The molecule has 3 heterocycles. The number of methoxy groups -OCH3 is 1. The quantitative estimate of drug-likeness (QED) is 0.857. The first-order chi connectivity index (χ1) is 10.3. The van der Waals surface area contributed by atoms with Crippen molar-refractivity contribution in [1.82, 2.24) is 10.3 Å². The van der Waals surface area contributed by atoms with Gasteiger partial charge in [0.2, 0.25) is 5.88 Å². The van der Waals surface area contributed by atoms with E-state index < -0.39 is 0 Å². The predicted octanol–water partition coefficient (Wildman–Crippen LogP) is 1.47. The number of pyridine rings is 1. The Morgan fingerprint density at radius 2 is 1.95 bits per heavy atom. The van der Waals surface area contributed by atoms with Crippen molar-refractivity contribution in [2.24, 2.45) is 0 Å². The zero-order valence-electron chi connectivity index (χ0n) is 14.1. The van der Waals surface area contributed by atoms with Crippen molar-refractivity contribution in [2.45, 2.75) is 51.2 Å². The molecule has 2 aliphatic heterocycles. The Kier molecular flexibility index (Phi) is 3.95. The van der Waals surface area contributed by atoms with Gasteiger partial charge in [0.25, 0.3) is 0 Å². The summed E-state index contributed by atoms with van der Waals surface area (Å²) < 4.78 is 17.7. The van der Waals surface area contributed by atoms with Crippen LogP contribution in [0.2, 0.25) is 0 Å². The van der Waals surface area contributed by atoms with E-state index in [0.29, 0.717) is 11.8 Å². The van der Waals surface area contributed by atoms with Crippen LogP contribution in [-0.4, -0.2) is 43.5 Å². The first kappa shape index (κ1) is 15.8. The van der Waals surface area contributed by atoms with Gasteiger partial charge < -0.3 is 19.4 Å². The van der Waals surface area contributed by atoms with Crippen LogP contribution in [0.25, 0.3) is 0 Å². The molecule has 2 aliphatic rings. The number of nitrogens with zero attached hydrogens (tertiary/aromatic N) is 1. The Balaban J connectivity index is 1.91. The number of nitrogens with one attached hydrogen (secondary N) is 1. The second-order valence-corrected chi connectivity index (χ2v) is 7.15. The number of hydrogen-bond donors (Lipinski definition) is 1. The summed E-state index contributed by atoms with van der Waals surface area (Å²) in [6, 6.07) is 2.13. The summed E-state index contributed by atoms with van der Waals surface area (Å²) in [5.41, 5.74) is 1.42. The molecule has 0 spiro atoms. The minimum Gasteiger partial charge on any atom is -0.481 e. The Hall–Kier alpha value is -1.11. The molecule has 0 bridgehead atoms. The average molecular weight is 304 g/mol. The third kappa shape index (κ3) is 2.64. The number of aromatic nitrogens is 1. The van der Waals surface area contributed by atoms with Gasteiger partial charge in [-0.15, -0.1) is 0 Å². The fourth-order valence-electron chi connectivity index (χ4n) is 2.98. The second-order valence-electron chi connectivity index (χ2n) is 7.15. The van der Waals surface area contributed by atoms with Gasteiger partial charge in [-0.1, -0.05) is 6.07 Å². The topological polar surface area (TPSA) is 52.6 Å². The van der Waals surface area contributed by atoms with Crippen LogP contribution in [0.3, 0.4) is 0 Å². The highest BCUT2D eigenvalue weighted by Gasteiger charge is 2.52. The fourth-order valence-corrected chi connectivity index (χ4v) is 2.98. The molecular formula is C16H25BN2O3. The van der Waals surface area contributed by atoms with Crippen LogP contribution in [0.5, 0.6) is 5.88 Å². The minimum absolute atomic E-state index is 0.341. The summed E-state index contributed by atoms with van der Waals surface area (Å²) in [6.07, 6.45) is 2.90. The van der Waals surface area contributed by atoms with Gasteiger partial charge in [-0.05, 0) is 40.7 Å². The van der Waals surface area contributed by atoms with Crippen molar-refractivity contribution in [3.05, 3.63) is 17.8 Å². The molecule has 1 aromatic heterocycles. The highest BCUT2D eigenvalue weighted by Crippen LogP contribution is 2.37. The second kappa shape index (κ2) is 5.51. The zero-order chi connectivity index (χ0) is 16.0. The van der Waals surface area contributed by atoms with Crippen LogP contribution in [-0.2, 0) is 9.31 Å². The lowest BCUT2D eigenvalue weighted by molar-refractivity contribution is 0.00578. The Bertz CT molecular complexity index is 540. The van der Waals surface area contributed by atoms with Gasteiger partial charge in [-0.2, -0.15) is 0 Å². The van der Waals surface area contributed by atoms with Crippen molar-refractivity contribution in [3.63, 3.8) is 0 Å². The number of hydrogen-bond acceptors (Lipinski definition) is 5. The Morgan fingerprint density at radius 3 is 2.50 bits per heavy atom. The van der Waals surface area contributed by atoms with Crippen LogP contribution in [0.15, 0.2) is 12.3 Å². The van der Waals surface area contributed by atoms with Crippen molar-refractivity contribution in [3.8, 4) is 5.88 Å². The Labute approximate surface area is 132 Å². The van der Waals surface area contributed by atoms with Gasteiger partial charge in [0.15, 0.2) is 0 Å². The molecule has 0 aromatic carbocycles. The normalized spacial score (nSPS) is 26.4. The third-order valence-electron chi connectivity index (χ3n) is 5.12. The van der Waals surface area contributed by atoms with E-state index in [1.807, 2.05) is 0 Å². The van der Waals surface area contributed by atoms with Crippen molar-refractivity contribution >= 4 is 12.6 Å². The number of ether oxygens (including phenoxy) is 1. The predicted molar refractivity (Wildman–Crippen MR) is 86.7 cm³/mol. The SMILES string of the molecule is COc1ncc(B2OC(C)(C)C(C)(C)O2)cc1C1CCNC1. The standard InChI is InChI=1S/C16H25BN2O3/c1-15(2)16(3,4)22-17(21-15)12-8-13(11-6-7-18-9-11)14(20-5)19-10-12/h8,10-11,18H,6-7,9H2,1-5H3. The molecule has 6 heteroatoms. The molecule has 3 rings (SSSR count). The summed E-state index contributed by atoms with van der Waals surface area (Å²) in [5, 5.41) is 3.39. The van der Waals surface area contributed by atoms with Gasteiger partial charge in [0, 0.05) is 29.7 Å². The first-order valence-electron chi connectivity index (χ1n) is 7.94. The monoisotopic (exact) mass is 304 g/mol. The largest absolute Gasteiger partial charge is 0.496 e. The molecule has 2 fully saturated rings. The summed E-state index contributed by atoms with van der Waals surface area (Å²) in [7, 11) is 1.29. The maximum atomic E-state index is 6.12. The van der Waals surface area contributed by atoms with Gasteiger partial charge >= 0.3 is 7.12 Å². The molecule has 0 radical (unpaired) electrons. The van der Waals surface area contributed by atoms with Crippen LogP contribution in [0, 0.1) is 0 Å². The Morgan fingerprint density at radius 1 is 1.27 bits per heavy atom. The van der Waals surface area contributed by atoms with E-state index in [9.17, 15) is 0 Å². The lowest BCUT2D eigenvalue weighted by atomic mass is 9.78. The lowest BCUT2D eigenvalue weighted by Gasteiger charge is -2.32. The van der Waals surface area contributed by atoms with E-state index >= 15 is 0 Å². The molecule has 0 saturated carbocycles. The lowest BCUT2D eigenvalue weighted by Crippen LogP contribution is -2.41. The van der Waals surface area contributed by atoms with Crippen molar-refractivity contribution in [1.29, 1.82) is 0 Å². The molecule has 120 valence electrons. The molecular weight excluding hydrogens is 279 g/mol. The van der Waals surface area contributed by atoms with E-state index in [-0.39, 0.29) is 18.3 Å². The molecule has 22 heavy (non-hydrogen) atoms. The smallest absolute Gasteiger partial charge is 0.481 e. The van der Waals surface area contributed by atoms with E-state index in [1.165, 1.54) is 0 Å². The molecule has 1 atom stereocenters. The van der Waals surface area contributed by atoms with E-state index in [2.05, 4.69) is 44.1 Å². The first-order valence-corrected chi connectivity index (χ1v) is 7.94. The highest BCUT2D eigenvalue weighted by molar-refractivity contribution is 6.62. The van der Waals surface area contributed by atoms with Gasteiger partial charge in [0.1, 0.15) is 0 Å². The molecule has 1 aromatic rings. The van der Waals surface area contributed by atoms with Crippen LogP contribution < -0.4 is 15.5 Å². The summed E-state index contributed by atoms with van der Waals surface area (Å²) in [4.78, 5) is 4.47. The minimum atomic E-state index is -0.378. The average Bonchev–Trinajstić information content (AvgIpc) is 3.05. The maximum absolute atomic E-state index is 6.12. The molecule has 0 aliphatic carbocycles. The molecule has 5 nitrogen and oxygen atoms in total. The van der Waals surface area contributed by atoms with Crippen molar-refractivity contribution in [2.75, 3.05) is 20.2 Å². The third-order valence-corrected chi connectivity index (χ3v) is 5.12. The maximum Gasteiger partial charge on any atom is 0.496 e. The van der Waals surface area contributed by atoms with Crippen LogP contribution in [0.1, 0.15) is 45.6 Å². The fraction of sp³-hybridized carbons (Fsp3) is 0.688. The molecule has 2 saturated heterocycles. The van der Waals surface area contributed by atoms with Gasteiger partial charge in [-0.25, -0.2) is 4.98 Å². The van der Waals surface area contributed by atoms with E-state index in [0.717, 1.165) is 30.5 Å². The summed E-state index contributed by atoms with van der Waals surface area (Å²) in [5.74, 6) is 1.14. The van der Waals surface area contributed by atoms with Crippen LogP contribution in [0.4, 0.5) is 0 Å². The molecule has 1 unspecified atom stereocenters. The van der Waals surface area contributed by atoms with Gasteiger partial charge in [-0.3, -0.25) is 0 Å².